The molecule has 0 heterocycles. The number of carbonyl (C=O) groups excluding carboxylic acids is 1. The Labute approximate surface area is 121 Å². The van der Waals surface area contributed by atoms with Gasteiger partial charge in [0.1, 0.15) is 5.75 Å². The van der Waals surface area contributed by atoms with Crippen molar-refractivity contribution < 1.29 is 9.53 Å². The smallest absolute Gasteiger partial charge is 0.311 e. The van der Waals surface area contributed by atoms with Crippen LogP contribution < -0.4 is 4.74 Å². The lowest BCUT2D eigenvalue weighted by Crippen LogP contribution is -2.07. The maximum absolute atomic E-state index is 11.6. The fraction of sp³-hybridized carbons (Fsp3) is 0.562. The SMILES string of the molecule is CCCCCCCCCC(=O)Oc1cccc(Cl)c1. The topological polar surface area (TPSA) is 26.3 Å². The Balaban J connectivity index is 2.08. The molecule has 3 heteroatoms. The predicted octanol–water partition coefficient (Wildman–Crippen LogP) is 5.39. The molecule has 0 N–H and O–H groups in total. The van der Waals surface area contributed by atoms with E-state index in [4.69, 9.17) is 16.3 Å². The molecule has 0 saturated carbocycles. The van der Waals surface area contributed by atoms with Crippen molar-refractivity contribution >= 4 is 17.6 Å². The van der Waals surface area contributed by atoms with Gasteiger partial charge >= 0.3 is 5.97 Å². The highest BCUT2D eigenvalue weighted by atomic mass is 35.5. The first kappa shape index (κ1) is 16.0. The summed E-state index contributed by atoms with van der Waals surface area (Å²) in [6, 6.07) is 6.94. The summed E-state index contributed by atoms with van der Waals surface area (Å²) in [6.45, 7) is 2.21. The van der Waals surface area contributed by atoms with Crippen molar-refractivity contribution in [2.24, 2.45) is 0 Å². The normalized spacial score (nSPS) is 10.4. The van der Waals surface area contributed by atoms with Gasteiger partial charge in [0.25, 0.3) is 0 Å². The third-order valence-corrected chi connectivity index (χ3v) is 3.25. The van der Waals surface area contributed by atoms with E-state index in [9.17, 15) is 4.79 Å². The van der Waals surface area contributed by atoms with Gasteiger partial charge in [0.15, 0.2) is 0 Å². The van der Waals surface area contributed by atoms with Crippen LogP contribution in [0.4, 0.5) is 0 Å². The molecule has 0 aromatic heterocycles. The summed E-state index contributed by atoms with van der Waals surface area (Å²) < 4.78 is 5.22. The maximum Gasteiger partial charge on any atom is 0.311 e. The van der Waals surface area contributed by atoms with Gasteiger partial charge in [-0.1, -0.05) is 63.1 Å². The zero-order valence-corrected chi connectivity index (χ0v) is 12.4. The van der Waals surface area contributed by atoms with E-state index in [0.29, 0.717) is 17.2 Å². The first-order valence-corrected chi connectivity index (χ1v) is 7.56. The molecule has 0 unspecified atom stereocenters. The number of ether oxygens (including phenoxy) is 1. The van der Waals surface area contributed by atoms with E-state index in [1.165, 1.54) is 32.1 Å². The molecule has 0 aliphatic heterocycles. The molecule has 0 aliphatic rings. The highest BCUT2D eigenvalue weighted by Gasteiger charge is 2.04. The zero-order chi connectivity index (χ0) is 13.9. The second kappa shape index (κ2) is 9.85. The molecule has 0 spiro atoms. The van der Waals surface area contributed by atoms with Crippen molar-refractivity contribution in [3.63, 3.8) is 0 Å². The molecule has 0 fully saturated rings. The molecule has 1 rings (SSSR count). The molecule has 0 saturated heterocycles. The average Bonchev–Trinajstić information content (AvgIpc) is 2.37. The fourth-order valence-electron chi connectivity index (χ4n) is 1.94. The molecule has 0 radical (unpaired) electrons. The van der Waals surface area contributed by atoms with E-state index in [0.717, 1.165) is 12.8 Å². The number of esters is 1. The van der Waals surface area contributed by atoms with Gasteiger partial charge in [0.2, 0.25) is 0 Å². The van der Waals surface area contributed by atoms with Crippen molar-refractivity contribution in [2.45, 2.75) is 58.3 Å². The number of carbonyl (C=O) groups is 1. The van der Waals surface area contributed by atoms with Gasteiger partial charge in [-0.25, -0.2) is 0 Å². The van der Waals surface area contributed by atoms with Crippen molar-refractivity contribution in [1.29, 1.82) is 0 Å². The molecule has 0 aliphatic carbocycles. The van der Waals surface area contributed by atoms with Crippen molar-refractivity contribution in [3.05, 3.63) is 29.3 Å². The van der Waals surface area contributed by atoms with Crippen LogP contribution in [0, 0.1) is 0 Å². The summed E-state index contributed by atoms with van der Waals surface area (Å²) in [7, 11) is 0. The van der Waals surface area contributed by atoms with Crippen molar-refractivity contribution in [3.8, 4) is 5.75 Å². The van der Waals surface area contributed by atoms with Crippen LogP contribution in [0.25, 0.3) is 0 Å². The van der Waals surface area contributed by atoms with Gasteiger partial charge in [-0.05, 0) is 24.6 Å². The molecule has 0 bridgehead atoms. The zero-order valence-electron chi connectivity index (χ0n) is 11.7. The second-order valence-electron chi connectivity index (χ2n) is 4.80. The Kier molecular flexibility index (Phi) is 8.31. The van der Waals surface area contributed by atoms with Crippen LogP contribution in [0.1, 0.15) is 58.3 Å². The quantitative estimate of drug-likeness (QED) is 0.345. The molecule has 1 aromatic rings. The highest BCUT2D eigenvalue weighted by molar-refractivity contribution is 6.30. The molecule has 0 atom stereocenters. The Hall–Kier alpha value is -1.02. The van der Waals surface area contributed by atoms with E-state index in [-0.39, 0.29) is 5.97 Å². The van der Waals surface area contributed by atoms with E-state index in [2.05, 4.69) is 6.92 Å². The van der Waals surface area contributed by atoms with Crippen LogP contribution in [-0.4, -0.2) is 5.97 Å². The molecule has 19 heavy (non-hydrogen) atoms. The van der Waals surface area contributed by atoms with Crippen LogP contribution in [0.15, 0.2) is 24.3 Å². The number of benzene rings is 1. The Bertz CT molecular complexity index is 377. The lowest BCUT2D eigenvalue weighted by molar-refractivity contribution is -0.134. The van der Waals surface area contributed by atoms with Gasteiger partial charge in [-0.2, -0.15) is 0 Å². The summed E-state index contributed by atoms with van der Waals surface area (Å²) in [6.07, 6.45) is 8.88. The van der Waals surface area contributed by atoms with E-state index < -0.39 is 0 Å². The summed E-state index contributed by atoms with van der Waals surface area (Å²) in [5, 5.41) is 0.584. The Morgan fingerprint density at radius 3 is 2.47 bits per heavy atom. The highest BCUT2D eigenvalue weighted by Crippen LogP contribution is 2.18. The number of rotatable bonds is 9. The molecule has 0 amide bonds. The summed E-state index contributed by atoms with van der Waals surface area (Å²) >= 11 is 5.82. The molecular weight excluding hydrogens is 260 g/mol. The molecule has 1 aromatic carbocycles. The summed E-state index contributed by atoms with van der Waals surface area (Å²) in [5.74, 6) is 0.358. The third-order valence-electron chi connectivity index (χ3n) is 3.01. The Morgan fingerprint density at radius 2 is 1.79 bits per heavy atom. The fourth-order valence-corrected chi connectivity index (χ4v) is 2.12. The maximum atomic E-state index is 11.6. The van der Waals surface area contributed by atoms with Crippen LogP contribution in [0.3, 0.4) is 0 Å². The number of hydrogen-bond donors (Lipinski definition) is 0. The average molecular weight is 283 g/mol. The first-order valence-electron chi connectivity index (χ1n) is 7.18. The predicted molar refractivity (Wildman–Crippen MR) is 79.7 cm³/mol. The van der Waals surface area contributed by atoms with Gasteiger partial charge < -0.3 is 4.74 Å². The molecule has 2 nitrogen and oxygen atoms in total. The van der Waals surface area contributed by atoms with Crippen LogP contribution in [0.2, 0.25) is 5.02 Å². The van der Waals surface area contributed by atoms with E-state index in [1.807, 2.05) is 0 Å². The lowest BCUT2D eigenvalue weighted by Gasteiger charge is -2.04. The standard InChI is InChI=1S/C16H23ClO2/c1-2-3-4-5-6-7-8-12-16(18)19-15-11-9-10-14(17)13-15/h9-11,13H,2-8,12H2,1H3. The van der Waals surface area contributed by atoms with E-state index in [1.54, 1.807) is 24.3 Å². The second-order valence-corrected chi connectivity index (χ2v) is 5.24. The van der Waals surface area contributed by atoms with E-state index >= 15 is 0 Å². The van der Waals surface area contributed by atoms with Gasteiger partial charge in [0, 0.05) is 11.4 Å². The summed E-state index contributed by atoms with van der Waals surface area (Å²) in [4.78, 5) is 11.6. The van der Waals surface area contributed by atoms with Crippen LogP contribution in [0.5, 0.6) is 5.75 Å². The number of hydrogen-bond acceptors (Lipinski definition) is 2. The Morgan fingerprint density at radius 1 is 1.11 bits per heavy atom. The largest absolute Gasteiger partial charge is 0.426 e. The van der Waals surface area contributed by atoms with Gasteiger partial charge in [-0.15, -0.1) is 0 Å². The first-order chi connectivity index (χ1) is 9.22. The van der Waals surface area contributed by atoms with Gasteiger partial charge in [-0.3, -0.25) is 4.79 Å². The monoisotopic (exact) mass is 282 g/mol. The van der Waals surface area contributed by atoms with Crippen molar-refractivity contribution in [2.75, 3.05) is 0 Å². The number of halogens is 1. The third kappa shape index (κ3) is 7.89. The molecule has 106 valence electrons. The van der Waals surface area contributed by atoms with Crippen molar-refractivity contribution in [1.82, 2.24) is 0 Å². The van der Waals surface area contributed by atoms with Crippen LogP contribution >= 0.6 is 11.6 Å². The molecular formula is C16H23ClO2. The minimum Gasteiger partial charge on any atom is -0.426 e. The minimum atomic E-state index is -0.171. The summed E-state index contributed by atoms with van der Waals surface area (Å²) in [5.41, 5.74) is 0. The minimum absolute atomic E-state index is 0.171. The van der Waals surface area contributed by atoms with Crippen LogP contribution in [-0.2, 0) is 4.79 Å². The van der Waals surface area contributed by atoms with Gasteiger partial charge in [0.05, 0.1) is 0 Å². The number of unbranched alkanes of at least 4 members (excludes halogenated alkanes) is 6. The lowest BCUT2D eigenvalue weighted by atomic mass is 10.1.